The van der Waals surface area contributed by atoms with Crippen LogP contribution < -0.4 is 15.5 Å². The molecule has 27 heavy (non-hydrogen) atoms. The molecule has 1 aliphatic heterocycles. The molecule has 2 amide bonds. The first-order valence-electron chi connectivity index (χ1n) is 9.70. The van der Waals surface area contributed by atoms with Gasteiger partial charge in [0.25, 0.3) is 0 Å². The number of piperidine rings is 1. The molecular formula is C22H27N3O2. The lowest BCUT2D eigenvalue weighted by Crippen LogP contribution is -2.36. The third kappa shape index (κ3) is 5.84. The number of benzene rings is 2. The minimum atomic E-state index is -0.625. The molecule has 2 aromatic carbocycles. The largest absolute Gasteiger partial charge is 0.372 e. The molecule has 3 rings (SSSR count). The summed E-state index contributed by atoms with van der Waals surface area (Å²) >= 11 is 0. The number of nitrogens with one attached hydrogen (secondary N) is 2. The van der Waals surface area contributed by atoms with Crippen LogP contribution in [0, 0.1) is 0 Å². The lowest BCUT2D eigenvalue weighted by atomic mass is 10.1. The zero-order chi connectivity index (χ0) is 18.9. The molecule has 0 unspecified atom stereocenters. The first kappa shape index (κ1) is 19.0. The second-order valence-electron chi connectivity index (χ2n) is 6.89. The number of amides is 2. The maximum Gasteiger partial charge on any atom is 0.313 e. The summed E-state index contributed by atoms with van der Waals surface area (Å²) in [4.78, 5) is 26.3. The molecular weight excluding hydrogens is 338 g/mol. The van der Waals surface area contributed by atoms with Gasteiger partial charge in [0.2, 0.25) is 0 Å². The maximum atomic E-state index is 12.0. The Morgan fingerprint density at radius 1 is 0.852 bits per heavy atom. The molecule has 0 atom stereocenters. The van der Waals surface area contributed by atoms with Crippen LogP contribution in [0.3, 0.4) is 0 Å². The van der Waals surface area contributed by atoms with E-state index in [1.165, 1.54) is 24.8 Å². The summed E-state index contributed by atoms with van der Waals surface area (Å²) in [5, 5.41) is 5.34. The van der Waals surface area contributed by atoms with E-state index < -0.39 is 11.8 Å². The van der Waals surface area contributed by atoms with Gasteiger partial charge in [0.05, 0.1) is 0 Å². The molecule has 1 heterocycles. The molecule has 0 aliphatic carbocycles. The molecule has 2 N–H and O–H groups in total. The fraction of sp³-hybridized carbons (Fsp3) is 0.364. The van der Waals surface area contributed by atoms with Gasteiger partial charge in [-0.25, -0.2) is 0 Å². The summed E-state index contributed by atoms with van der Waals surface area (Å²) < 4.78 is 0. The normalized spacial score (nSPS) is 13.9. The van der Waals surface area contributed by atoms with Crippen LogP contribution in [-0.4, -0.2) is 31.4 Å². The summed E-state index contributed by atoms with van der Waals surface area (Å²) in [6.45, 7) is 2.64. The summed E-state index contributed by atoms with van der Waals surface area (Å²) in [6, 6.07) is 17.8. The van der Waals surface area contributed by atoms with Gasteiger partial charge in [0.1, 0.15) is 0 Å². The van der Waals surface area contributed by atoms with Gasteiger partial charge in [-0.05, 0) is 61.9 Å². The Morgan fingerprint density at radius 2 is 1.56 bits per heavy atom. The quantitative estimate of drug-likeness (QED) is 0.609. The van der Waals surface area contributed by atoms with Crippen LogP contribution in [0.4, 0.5) is 11.4 Å². The topological polar surface area (TPSA) is 61.4 Å². The monoisotopic (exact) mass is 365 g/mol. The molecule has 0 saturated carbocycles. The van der Waals surface area contributed by atoms with Crippen molar-refractivity contribution in [2.45, 2.75) is 32.1 Å². The number of hydrogen-bond donors (Lipinski definition) is 2. The van der Waals surface area contributed by atoms with Gasteiger partial charge in [-0.2, -0.15) is 0 Å². The van der Waals surface area contributed by atoms with Gasteiger partial charge >= 0.3 is 11.8 Å². The van der Waals surface area contributed by atoms with Crippen molar-refractivity contribution in [3.8, 4) is 0 Å². The molecule has 0 bridgehead atoms. The second-order valence-corrected chi connectivity index (χ2v) is 6.89. The van der Waals surface area contributed by atoms with Crippen molar-refractivity contribution in [2.75, 3.05) is 29.9 Å². The molecule has 5 heteroatoms. The third-order valence-corrected chi connectivity index (χ3v) is 4.82. The Balaban J connectivity index is 1.40. The Kier molecular flexibility index (Phi) is 6.85. The van der Waals surface area contributed by atoms with Crippen LogP contribution in [0.1, 0.15) is 31.2 Å². The van der Waals surface area contributed by atoms with Crippen LogP contribution in [0.15, 0.2) is 54.6 Å². The fourth-order valence-corrected chi connectivity index (χ4v) is 3.31. The predicted molar refractivity (Wildman–Crippen MR) is 109 cm³/mol. The zero-order valence-corrected chi connectivity index (χ0v) is 15.6. The van der Waals surface area contributed by atoms with Crippen molar-refractivity contribution < 1.29 is 9.59 Å². The van der Waals surface area contributed by atoms with Crippen molar-refractivity contribution in [2.24, 2.45) is 0 Å². The standard InChI is InChI=1S/C22H27N3O2/c26-21(23-15-7-10-18-8-3-1-4-9-18)22(27)24-19-11-13-20(14-12-19)25-16-5-2-6-17-25/h1,3-4,8-9,11-14H,2,5-7,10,15-17H2,(H,23,26)(H,24,27). The number of nitrogens with zero attached hydrogens (tertiary/aromatic N) is 1. The predicted octanol–water partition coefficient (Wildman–Crippen LogP) is 3.36. The first-order valence-corrected chi connectivity index (χ1v) is 9.70. The van der Waals surface area contributed by atoms with E-state index >= 15 is 0 Å². The minimum absolute atomic E-state index is 0.481. The molecule has 1 fully saturated rings. The highest BCUT2D eigenvalue weighted by molar-refractivity contribution is 6.39. The summed E-state index contributed by atoms with van der Waals surface area (Å²) in [7, 11) is 0. The number of aryl methyl sites for hydroxylation is 1. The molecule has 5 nitrogen and oxygen atoms in total. The molecule has 142 valence electrons. The fourth-order valence-electron chi connectivity index (χ4n) is 3.31. The summed E-state index contributed by atoms with van der Waals surface area (Å²) in [6.07, 6.45) is 5.42. The summed E-state index contributed by atoms with van der Waals surface area (Å²) in [5.74, 6) is -1.22. The van der Waals surface area contributed by atoms with Gasteiger partial charge < -0.3 is 15.5 Å². The van der Waals surface area contributed by atoms with E-state index in [1.54, 1.807) is 0 Å². The SMILES string of the molecule is O=C(NCCCc1ccccc1)C(=O)Nc1ccc(N2CCCCC2)cc1. The highest BCUT2D eigenvalue weighted by atomic mass is 16.2. The van der Waals surface area contributed by atoms with Gasteiger partial charge in [-0.1, -0.05) is 30.3 Å². The van der Waals surface area contributed by atoms with Crippen molar-refractivity contribution in [1.82, 2.24) is 5.32 Å². The molecule has 1 saturated heterocycles. The number of anilines is 2. The molecule has 0 spiro atoms. The van der Waals surface area contributed by atoms with E-state index in [0.29, 0.717) is 12.2 Å². The van der Waals surface area contributed by atoms with E-state index in [1.807, 2.05) is 42.5 Å². The number of hydrogen-bond acceptors (Lipinski definition) is 3. The Morgan fingerprint density at radius 3 is 2.26 bits per heavy atom. The van der Waals surface area contributed by atoms with E-state index in [9.17, 15) is 9.59 Å². The van der Waals surface area contributed by atoms with Crippen LogP contribution in [0.5, 0.6) is 0 Å². The van der Waals surface area contributed by atoms with Crippen molar-refractivity contribution in [1.29, 1.82) is 0 Å². The zero-order valence-electron chi connectivity index (χ0n) is 15.6. The second kappa shape index (κ2) is 9.76. The number of carbonyl (C=O) groups excluding carboxylic acids is 2. The Labute approximate surface area is 160 Å². The van der Waals surface area contributed by atoms with Crippen LogP contribution in [-0.2, 0) is 16.0 Å². The van der Waals surface area contributed by atoms with Gasteiger partial charge in [0, 0.05) is 31.0 Å². The lowest BCUT2D eigenvalue weighted by Gasteiger charge is -2.28. The van der Waals surface area contributed by atoms with Crippen LogP contribution in [0.25, 0.3) is 0 Å². The lowest BCUT2D eigenvalue weighted by molar-refractivity contribution is -0.136. The van der Waals surface area contributed by atoms with Crippen LogP contribution in [0.2, 0.25) is 0 Å². The minimum Gasteiger partial charge on any atom is -0.372 e. The Hall–Kier alpha value is -2.82. The molecule has 1 aliphatic rings. The van der Waals surface area contributed by atoms with Crippen molar-refractivity contribution in [3.05, 3.63) is 60.2 Å². The molecule has 0 aromatic heterocycles. The van der Waals surface area contributed by atoms with Crippen molar-refractivity contribution in [3.63, 3.8) is 0 Å². The van der Waals surface area contributed by atoms with E-state index in [0.717, 1.165) is 31.6 Å². The first-order chi connectivity index (χ1) is 13.2. The van der Waals surface area contributed by atoms with Gasteiger partial charge in [-0.15, -0.1) is 0 Å². The Bertz CT molecular complexity index is 738. The van der Waals surface area contributed by atoms with Gasteiger partial charge in [-0.3, -0.25) is 9.59 Å². The van der Waals surface area contributed by atoms with E-state index in [-0.39, 0.29) is 0 Å². The smallest absolute Gasteiger partial charge is 0.313 e. The average molecular weight is 365 g/mol. The van der Waals surface area contributed by atoms with E-state index in [2.05, 4.69) is 27.7 Å². The molecule has 2 aromatic rings. The number of rotatable bonds is 6. The molecule has 0 radical (unpaired) electrons. The van der Waals surface area contributed by atoms with E-state index in [4.69, 9.17) is 0 Å². The highest BCUT2D eigenvalue weighted by Gasteiger charge is 2.14. The maximum absolute atomic E-state index is 12.0. The van der Waals surface area contributed by atoms with Crippen LogP contribution >= 0.6 is 0 Å². The van der Waals surface area contributed by atoms with Gasteiger partial charge in [0.15, 0.2) is 0 Å². The number of carbonyl (C=O) groups is 2. The van der Waals surface area contributed by atoms with Crippen molar-refractivity contribution >= 4 is 23.2 Å². The highest BCUT2D eigenvalue weighted by Crippen LogP contribution is 2.21. The third-order valence-electron chi connectivity index (χ3n) is 4.82. The average Bonchev–Trinajstić information content (AvgIpc) is 2.73. The summed E-state index contributed by atoms with van der Waals surface area (Å²) in [5.41, 5.74) is 3.03.